The lowest BCUT2D eigenvalue weighted by Gasteiger charge is -2.54. The second-order valence-electron chi connectivity index (χ2n) is 14.7. The number of halogens is 5. The molecule has 0 bridgehead atoms. The molecule has 5 rings (SSSR count). The summed E-state index contributed by atoms with van der Waals surface area (Å²) < 4.78 is 87.0. The molecule has 3 fully saturated rings. The molecule has 4 aliphatic carbocycles. The van der Waals surface area contributed by atoms with Crippen LogP contribution in [0.25, 0.3) is 0 Å². The lowest BCUT2D eigenvalue weighted by molar-refractivity contribution is -0.284. The SMILES string of the molecule is C[C@]12CCC3c4ccc(O)cc4C[C@@H](CCCCCCCCCS(=O)(=O)CCCC(F)(F)C(F)(F)F)C3C1C[C@@H](O)C21CC1. The van der Waals surface area contributed by atoms with E-state index in [-0.39, 0.29) is 22.7 Å². The van der Waals surface area contributed by atoms with E-state index in [2.05, 4.69) is 13.0 Å². The first-order valence-electron chi connectivity index (χ1n) is 16.8. The number of fused-ring (bicyclic) bond motifs is 6. The number of benzene rings is 1. The van der Waals surface area contributed by atoms with Crippen molar-refractivity contribution in [2.45, 2.75) is 134 Å². The third kappa shape index (κ3) is 6.68. The molecule has 0 amide bonds. The van der Waals surface area contributed by atoms with Crippen LogP contribution in [0.5, 0.6) is 5.75 Å². The highest BCUT2D eigenvalue weighted by atomic mass is 32.2. The first-order chi connectivity index (χ1) is 20.6. The Morgan fingerprint density at radius 3 is 2.20 bits per heavy atom. The summed E-state index contributed by atoms with van der Waals surface area (Å²) in [5.41, 5.74) is 3.02. The van der Waals surface area contributed by atoms with Crippen molar-refractivity contribution in [3.63, 3.8) is 0 Å². The Balaban J connectivity index is 1.05. The van der Waals surface area contributed by atoms with Gasteiger partial charge >= 0.3 is 12.1 Å². The summed E-state index contributed by atoms with van der Waals surface area (Å²) in [6.45, 7) is 2.46. The molecule has 0 aliphatic heterocycles. The molecule has 44 heavy (non-hydrogen) atoms. The number of unbranched alkanes of at least 4 members (excludes halogenated alkanes) is 6. The van der Waals surface area contributed by atoms with Crippen molar-refractivity contribution in [3.8, 4) is 5.75 Å². The standard InChI is InChI=1S/C34H49F5O4S/c1-31-15-13-27-26-12-11-25(40)21-24(26)20-23(30(27)28(31)22-29(41)32(31)16-17-32)10-7-5-3-2-4-6-8-18-44(42,43)19-9-14-33(35,36)34(37,38)39/h11-12,21,23,27-30,40-41H,2-10,13-20,22H2,1H3/t23-,27?,28?,29-,30?,31+/m1/s1. The first kappa shape index (κ1) is 33.9. The van der Waals surface area contributed by atoms with Crippen LogP contribution in [-0.4, -0.2) is 48.3 Å². The average Bonchev–Trinajstić information content (AvgIpc) is 3.71. The Morgan fingerprint density at radius 2 is 1.55 bits per heavy atom. The maximum Gasteiger partial charge on any atom is 0.453 e. The van der Waals surface area contributed by atoms with E-state index in [9.17, 15) is 40.6 Å². The molecule has 10 heteroatoms. The zero-order valence-corrected chi connectivity index (χ0v) is 26.7. The molecular weight excluding hydrogens is 599 g/mol. The molecule has 0 saturated heterocycles. The fourth-order valence-corrected chi connectivity index (χ4v) is 11.1. The number of sulfone groups is 1. The Kier molecular flexibility index (Phi) is 9.75. The highest BCUT2D eigenvalue weighted by Gasteiger charge is 2.71. The Bertz CT molecular complexity index is 1260. The van der Waals surface area contributed by atoms with Crippen LogP contribution in [0.1, 0.15) is 120 Å². The predicted octanol–water partition coefficient (Wildman–Crippen LogP) is 8.74. The van der Waals surface area contributed by atoms with Crippen LogP contribution in [0, 0.1) is 28.6 Å². The smallest absolute Gasteiger partial charge is 0.453 e. The minimum atomic E-state index is -5.65. The van der Waals surface area contributed by atoms with Gasteiger partial charge < -0.3 is 10.2 Å². The van der Waals surface area contributed by atoms with E-state index < -0.39 is 40.5 Å². The van der Waals surface area contributed by atoms with Gasteiger partial charge in [-0.25, -0.2) is 8.42 Å². The summed E-state index contributed by atoms with van der Waals surface area (Å²) in [6, 6.07) is 5.92. The number of aliphatic hydroxyl groups excluding tert-OH is 1. The second kappa shape index (κ2) is 12.6. The Labute approximate surface area is 259 Å². The topological polar surface area (TPSA) is 74.6 Å². The number of alkyl halides is 5. The van der Waals surface area contributed by atoms with Crippen molar-refractivity contribution in [1.29, 1.82) is 0 Å². The fraction of sp³-hybridized carbons (Fsp3) is 0.824. The fourth-order valence-electron chi connectivity index (χ4n) is 9.69. The molecule has 250 valence electrons. The summed E-state index contributed by atoms with van der Waals surface area (Å²) in [4.78, 5) is 0. The van der Waals surface area contributed by atoms with Gasteiger partial charge in [-0.3, -0.25) is 0 Å². The molecule has 0 radical (unpaired) electrons. The minimum Gasteiger partial charge on any atom is -0.508 e. The van der Waals surface area contributed by atoms with Gasteiger partial charge in [0.15, 0.2) is 0 Å². The largest absolute Gasteiger partial charge is 0.508 e. The highest BCUT2D eigenvalue weighted by Crippen LogP contribution is 2.76. The zero-order valence-electron chi connectivity index (χ0n) is 25.9. The van der Waals surface area contributed by atoms with Crippen LogP contribution in [-0.2, 0) is 16.3 Å². The van der Waals surface area contributed by atoms with Gasteiger partial charge in [0.1, 0.15) is 15.6 Å². The average molecular weight is 649 g/mol. The van der Waals surface area contributed by atoms with Gasteiger partial charge in [0.05, 0.1) is 17.6 Å². The van der Waals surface area contributed by atoms with Crippen molar-refractivity contribution in [2.24, 2.45) is 28.6 Å². The lowest BCUT2D eigenvalue weighted by Crippen LogP contribution is -2.46. The number of hydrogen-bond donors (Lipinski definition) is 2. The third-order valence-electron chi connectivity index (χ3n) is 12.2. The van der Waals surface area contributed by atoms with Crippen LogP contribution >= 0.6 is 0 Å². The van der Waals surface area contributed by atoms with Crippen molar-refractivity contribution >= 4 is 9.84 Å². The monoisotopic (exact) mass is 648 g/mol. The second-order valence-corrected chi connectivity index (χ2v) is 17.0. The van der Waals surface area contributed by atoms with Gasteiger partial charge in [-0.2, -0.15) is 22.0 Å². The number of aromatic hydroxyl groups is 1. The van der Waals surface area contributed by atoms with Gasteiger partial charge in [-0.1, -0.05) is 51.5 Å². The van der Waals surface area contributed by atoms with E-state index in [0.717, 1.165) is 77.0 Å². The van der Waals surface area contributed by atoms with Crippen LogP contribution in [0.3, 0.4) is 0 Å². The first-order valence-corrected chi connectivity index (χ1v) is 18.6. The predicted molar refractivity (Wildman–Crippen MR) is 160 cm³/mol. The molecule has 0 heterocycles. The molecule has 3 unspecified atom stereocenters. The van der Waals surface area contributed by atoms with Crippen LogP contribution in [0.2, 0.25) is 0 Å². The molecule has 1 aromatic carbocycles. The summed E-state index contributed by atoms with van der Waals surface area (Å²) in [5, 5.41) is 21.4. The quantitative estimate of drug-likeness (QED) is 0.156. The maximum absolute atomic E-state index is 13.0. The number of aliphatic hydroxyl groups is 1. The molecule has 4 aliphatic rings. The highest BCUT2D eigenvalue weighted by molar-refractivity contribution is 7.91. The number of hydrogen-bond acceptors (Lipinski definition) is 4. The van der Waals surface area contributed by atoms with E-state index in [0.29, 0.717) is 42.3 Å². The van der Waals surface area contributed by atoms with Crippen molar-refractivity contribution in [3.05, 3.63) is 29.3 Å². The maximum atomic E-state index is 13.0. The molecule has 2 N–H and O–H groups in total. The summed E-state index contributed by atoms with van der Waals surface area (Å²) in [7, 11) is -3.65. The van der Waals surface area contributed by atoms with Crippen LogP contribution < -0.4 is 0 Å². The Hall–Kier alpha value is -1.42. The van der Waals surface area contributed by atoms with E-state index in [1.165, 1.54) is 11.1 Å². The summed E-state index contributed by atoms with van der Waals surface area (Å²) >= 11 is 0. The van der Waals surface area contributed by atoms with Crippen molar-refractivity contribution in [2.75, 3.05) is 11.5 Å². The van der Waals surface area contributed by atoms with E-state index in [4.69, 9.17) is 0 Å². The molecule has 1 spiro atoms. The van der Waals surface area contributed by atoms with Crippen LogP contribution in [0.4, 0.5) is 22.0 Å². The van der Waals surface area contributed by atoms with Gasteiger partial charge in [0, 0.05) is 11.8 Å². The molecular formula is C34H49F5O4S. The number of phenolic OH excluding ortho intramolecular Hbond substituents is 1. The minimum absolute atomic E-state index is 0.129. The molecule has 6 atom stereocenters. The zero-order chi connectivity index (χ0) is 32.0. The van der Waals surface area contributed by atoms with E-state index in [1.54, 1.807) is 0 Å². The Morgan fingerprint density at radius 1 is 0.909 bits per heavy atom. The van der Waals surface area contributed by atoms with Crippen LogP contribution in [0.15, 0.2) is 18.2 Å². The van der Waals surface area contributed by atoms with E-state index >= 15 is 0 Å². The summed E-state index contributed by atoms with van der Waals surface area (Å²) in [6.07, 6.45) is 5.74. The summed E-state index contributed by atoms with van der Waals surface area (Å²) in [5.74, 6) is -3.25. The third-order valence-corrected chi connectivity index (χ3v) is 14.0. The molecule has 0 aromatic heterocycles. The molecule has 3 saturated carbocycles. The van der Waals surface area contributed by atoms with E-state index in [1.807, 2.05) is 12.1 Å². The van der Waals surface area contributed by atoms with Crippen molar-refractivity contribution in [1.82, 2.24) is 0 Å². The van der Waals surface area contributed by atoms with Crippen molar-refractivity contribution < 1.29 is 40.6 Å². The molecule has 4 nitrogen and oxygen atoms in total. The molecule has 1 aromatic rings. The van der Waals surface area contributed by atoms with Gasteiger partial charge in [0.25, 0.3) is 0 Å². The lowest BCUT2D eigenvalue weighted by atomic mass is 9.50. The van der Waals surface area contributed by atoms with Gasteiger partial charge in [0.2, 0.25) is 0 Å². The number of phenols is 1. The normalized spacial score (nSPS) is 31.0. The number of rotatable bonds is 14. The van der Waals surface area contributed by atoms with Gasteiger partial charge in [-0.05, 0) is 110 Å². The van der Waals surface area contributed by atoms with Gasteiger partial charge in [-0.15, -0.1) is 0 Å².